The van der Waals surface area contributed by atoms with Crippen LogP contribution in [0.25, 0.3) is 0 Å². The van der Waals surface area contributed by atoms with Crippen molar-refractivity contribution in [3.63, 3.8) is 0 Å². The molecule has 0 atom stereocenters. The topological polar surface area (TPSA) is 21.3 Å². The standard InChI is InChI=1S/C16H21ClFNO/c17-14-2-1-3-15(18)13(14)10-16(6-8-20-9-7-16)11-19-12-4-5-12/h1-3,12,19H,4-11H2. The Balaban J connectivity index is 1.77. The van der Waals surface area contributed by atoms with Crippen LogP contribution in [0.3, 0.4) is 0 Å². The maximum atomic E-state index is 14.1. The summed E-state index contributed by atoms with van der Waals surface area (Å²) in [7, 11) is 0. The van der Waals surface area contributed by atoms with Crippen LogP contribution in [0.2, 0.25) is 5.02 Å². The summed E-state index contributed by atoms with van der Waals surface area (Å²) in [4.78, 5) is 0. The van der Waals surface area contributed by atoms with Crippen molar-refractivity contribution >= 4 is 11.6 Å². The van der Waals surface area contributed by atoms with E-state index in [1.165, 1.54) is 18.9 Å². The lowest BCUT2D eigenvalue weighted by molar-refractivity contribution is 0.0144. The maximum Gasteiger partial charge on any atom is 0.127 e. The Bertz CT molecular complexity index is 449. The average molecular weight is 298 g/mol. The van der Waals surface area contributed by atoms with Gasteiger partial charge in [0.25, 0.3) is 0 Å². The van der Waals surface area contributed by atoms with E-state index in [2.05, 4.69) is 5.32 Å². The highest BCUT2D eigenvalue weighted by Gasteiger charge is 2.35. The fourth-order valence-electron chi connectivity index (χ4n) is 2.94. The Morgan fingerprint density at radius 3 is 2.70 bits per heavy atom. The Morgan fingerprint density at radius 2 is 2.05 bits per heavy atom. The summed E-state index contributed by atoms with van der Waals surface area (Å²) in [5, 5.41) is 4.15. The molecule has 1 N–H and O–H groups in total. The number of hydrogen-bond donors (Lipinski definition) is 1. The van der Waals surface area contributed by atoms with E-state index in [1.54, 1.807) is 12.1 Å². The fraction of sp³-hybridized carbons (Fsp3) is 0.625. The van der Waals surface area contributed by atoms with E-state index in [4.69, 9.17) is 16.3 Å². The fourth-order valence-corrected chi connectivity index (χ4v) is 3.17. The van der Waals surface area contributed by atoms with Crippen molar-refractivity contribution in [3.8, 4) is 0 Å². The summed E-state index contributed by atoms with van der Waals surface area (Å²) in [6.45, 7) is 2.46. The smallest absolute Gasteiger partial charge is 0.127 e. The lowest BCUT2D eigenvalue weighted by Gasteiger charge is -2.38. The van der Waals surface area contributed by atoms with Gasteiger partial charge in [-0.15, -0.1) is 0 Å². The third kappa shape index (κ3) is 3.33. The van der Waals surface area contributed by atoms with Gasteiger partial charge in [0.15, 0.2) is 0 Å². The number of ether oxygens (including phenoxy) is 1. The van der Waals surface area contributed by atoms with Gasteiger partial charge in [-0.25, -0.2) is 4.39 Å². The molecule has 0 spiro atoms. The molecule has 20 heavy (non-hydrogen) atoms. The van der Waals surface area contributed by atoms with Crippen molar-refractivity contribution in [1.29, 1.82) is 0 Å². The van der Waals surface area contributed by atoms with Crippen molar-refractivity contribution < 1.29 is 9.13 Å². The van der Waals surface area contributed by atoms with Crippen LogP contribution in [0, 0.1) is 11.2 Å². The van der Waals surface area contributed by atoms with Gasteiger partial charge in [-0.05, 0) is 49.7 Å². The van der Waals surface area contributed by atoms with Crippen molar-refractivity contribution in [2.75, 3.05) is 19.8 Å². The van der Waals surface area contributed by atoms with Gasteiger partial charge in [0.2, 0.25) is 0 Å². The van der Waals surface area contributed by atoms with Crippen molar-refractivity contribution in [1.82, 2.24) is 5.32 Å². The van der Waals surface area contributed by atoms with Crippen molar-refractivity contribution in [2.24, 2.45) is 5.41 Å². The first kappa shape index (κ1) is 14.3. The van der Waals surface area contributed by atoms with Crippen LogP contribution in [0.1, 0.15) is 31.2 Å². The van der Waals surface area contributed by atoms with Crippen molar-refractivity contribution in [3.05, 3.63) is 34.6 Å². The highest BCUT2D eigenvalue weighted by atomic mass is 35.5. The van der Waals surface area contributed by atoms with Crippen LogP contribution in [0.5, 0.6) is 0 Å². The number of rotatable bonds is 5. The van der Waals surface area contributed by atoms with Gasteiger partial charge in [0, 0.05) is 36.4 Å². The highest BCUT2D eigenvalue weighted by Crippen LogP contribution is 2.37. The third-order valence-corrected chi connectivity index (χ3v) is 4.86. The zero-order valence-electron chi connectivity index (χ0n) is 11.6. The van der Waals surface area contributed by atoms with Crippen LogP contribution in [-0.4, -0.2) is 25.8 Å². The first-order valence-electron chi connectivity index (χ1n) is 7.43. The maximum absolute atomic E-state index is 14.1. The van der Waals surface area contributed by atoms with Gasteiger partial charge in [-0.2, -0.15) is 0 Å². The van der Waals surface area contributed by atoms with Crippen LogP contribution >= 0.6 is 11.6 Å². The molecule has 1 aromatic carbocycles. The normalized spacial score (nSPS) is 21.9. The highest BCUT2D eigenvalue weighted by molar-refractivity contribution is 6.31. The Kier molecular flexibility index (Phi) is 4.29. The molecular weight excluding hydrogens is 277 g/mol. The molecule has 0 aromatic heterocycles. The molecule has 1 saturated heterocycles. The van der Waals surface area contributed by atoms with Crippen LogP contribution in [0.15, 0.2) is 18.2 Å². The Hall–Kier alpha value is -0.640. The van der Waals surface area contributed by atoms with E-state index in [-0.39, 0.29) is 11.2 Å². The van der Waals surface area contributed by atoms with Crippen molar-refractivity contribution in [2.45, 2.75) is 38.1 Å². The van der Waals surface area contributed by atoms with E-state index in [0.29, 0.717) is 23.0 Å². The van der Waals surface area contributed by atoms with Crippen LogP contribution < -0.4 is 5.32 Å². The van der Waals surface area contributed by atoms with Crippen LogP contribution in [0.4, 0.5) is 4.39 Å². The molecule has 2 fully saturated rings. The average Bonchev–Trinajstić information content (AvgIpc) is 3.27. The largest absolute Gasteiger partial charge is 0.381 e. The summed E-state index contributed by atoms with van der Waals surface area (Å²) in [5.74, 6) is -0.185. The molecule has 1 heterocycles. The van der Waals surface area contributed by atoms with Crippen LogP contribution in [-0.2, 0) is 11.2 Å². The molecule has 110 valence electrons. The minimum absolute atomic E-state index is 0.0761. The SMILES string of the molecule is Fc1cccc(Cl)c1CC1(CNC2CC2)CCOCC1. The summed E-state index contributed by atoms with van der Waals surface area (Å²) >= 11 is 6.19. The molecule has 0 bridgehead atoms. The molecule has 1 aliphatic heterocycles. The van der Waals surface area contributed by atoms with Gasteiger partial charge in [0.1, 0.15) is 5.82 Å². The van der Waals surface area contributed by atoms with Gasteiger partial charge < -0.3 is 10.1 Å². The summed E-state index contributed by atoms with van der Waals surface area (Å²) in [6, 6.07) is 5.62. The number of hydrogen-bond acceptors (Lipinski definition) is 2. The monoisotopic (exact) mass is 297 g/mol. The molecule has 0 radical (unpaired) electrons. The van der Waals surface area contributed by atoms with E-state index in [0.717, 1.165) is 32.6 Å². The predicted octanol–water partition coefficient (Wildman–Crippen LogP) is 3.57. The summed E-state index contributed by atoms with van der Waals surface area (Å²) < 4.78 is 19.5. The van der Waals surface area contributed by atoms with E-state index in [9.17, 15) is 4.39 Å². The lowest BCUT2D eigenvalue weighted by Crippen LogP contribution is -2.41. The number of halogens is 2. The number of nitrogens with one attached hydrogen (secondary N) is 1. The van der Waals surface area contributed by atoms with Gasteiger partial charge >= 0.3 is 0 Å². The quantitative estimate of drug-likeness (QED) is 0.897. The molecular formula is C16H21ClFNO. The minimum atomic E-state index is -0.185. The predicted molar refractivity (Wildman–Crippen MR) is 78.6 cm³/mol. The molecule has 0 unspecified atom stereocenters. The zero-order chi connectivity index (χ0) is 14.0. The lowest BCUT2D eigenvalue weighted by atomic mass is 9.75. The first-order chi connectivity index (χ1) is 9.69. The van der Waals surface area contributed by atoms with E-state index >= 15 is 0 Å². The summed E-state index contributed by atoms with van der Waals surface area (Å²) in [6.07, 6.45) is 5.18. The second-order valence-corrected chi connectivity index (χ2v) is 6.55. The minimum Gasteiger partial charge on any atom is -0.381 e. The molecule has 1 aromatic rings. The molecule has 0 amide bonds. The van der Waals surface area contributed by atoms with Gasteiger partial charge in [-0.1, -0.05) is 17.7 Å². The number of benzene rings is 1. The molecule has 1 saturated carbocycles. The Labute approximate surface area is 124 Å². The third-order valence-electron chi connectivity index (χ3n) is 4.51. The summed E-state index contributed by atoms with van der Waals surface area (Å²) in [5.41, 5.74) is 0.737. The van der Waals surface area contributed by atoms with Gasteiger partial charge in [0.05, 0.1) is 0 Å². The van der Waals surface area contributed by atoms with E-state index in [1.807, 2.05) is 0 Å². The second-order valence-electron chi connectivity index (χ2n) is 6.14. The first-order valence-corrected chi connectivity index (χ1v) is 7.80. The van der Waals surface area contributed by atoms with E-state index < -0.39 is 0 Å². The molecule has 4 heteroatoms. The van der Waals surface area contributed by atoms with Gasteiger partial charge in [-0.3, -0.25) is 0 Å². The molecule has 2 aliphatic rings. The Morgan fingerprint density at radius 1 is 1.30 bits per heavy atom. The molecule has 3 rings (SSSR count). The molecule has 2 nitrogen and oxygen atoms in total. The molecule has 1 aliphatic carbocycles. The zero-order valence-corrected chi connectivity index (χ0v) is 12.4. The second kappa shape index (κ2) is 6.00.